The summed E-state index contributed by atoms with van der Waals surface area (Å²) in [6, 6.07) is 0. The van der Waals surface area contributed by atoms with Crippen LogP contribution in [0.2, 0.25) is 0 Å². The monoisotopic (exact) mass is 223 g/mol. The van der Waals surface area contributed by atoms with E-state index in [2.05, 4.69) is 5.73 Å². The molecule has 0 fully saturated rings. The van der Waals surface area contributed by atoms with E-state index in [-0.39, 0.29) is 11.9 Å². The van der Waals surface area contributed by atoms with Crippen molar-refractivity contribution in [3.05, 3.63) is 0 Å². The Morgan fingerprint density at radius 3 is 2.36 bits per heavy atom. The second-order valence-corrected chi connectivity index (χ2v) is 3.08. The molecule has 0 aromatic rings. The number of nitrogens with two attached hydrogens (primary N) is 1. The Morgan fingerprint density at radius 2 is 2.00 bits per heavy atom. The van der Waals surface area contributed by atoms with Crippen LogP contribution in [-0.4, -0.2) is 28.8 Å². The maximum absolute atomic E-state index is 10.6. The number of hydrogen-bond acceptors (Lipinski definition) is 5. The molecule has 0 radical (unpaired) electrons. The smallest absolute Gasteiger partial charge is 0.306 e. The Morgan fingerprint density at radius 1 is 1.50 bits per heavy atom. The van der Waals surface area contributed by atoms with Crippen LogP contribution in [0.3, 0.4) is 0 Å². The Labute approximate surface area is 88.2 Å². The number of amides is 1. The molecule has 0 atom stereocenters. The lowest BCUT2D eigenvalue weighted by atomic mass is 10.5. The third kappa shape index (κ3) is 22.5. The summed E-state index contributed by atoms with van der Waals surface area (Å²) in [5, 5.41) is 0. The van der Waals surface area contributed by atoms with E-state index < -0.39 is 0 Å². The Balaban J connectivity index is 0. The zero-order valence-corrected chi connectivity index (χ0v) is 9.30. The first-order chi connectivity index (χ1) is 6.54. The minimum Gasteiger partial charge on any atom is -0.466 e. The van der Waals surface area contributed by atoms with E-state index in [1.54, 1.807) is 0 Å². The molecule has 0 saturated carbocycles. The number of rotatable bonds is 5. The van der Waals surface area contributed by atoms with Crippen molar-refractivity contribution < 1.29 is 18.9 Å². The fourth-order valence-electron chi connectivity index (χ4n) is 0.417. The van der Waals surface area contributed by atoms with Gasteiger partial charge in [-0.15, -0.1) is 0 Å². The van der Waals surface area contributed by atoms with Crippen molar-refractivity contribution in [3.8, 4) is 0 Å². The van der Waals surface area contributed by atoms with E-state index in [0.29, 0.717) is 30.8 Å². The van der Waals surface area contributed by atoms with Crippen LogP contribution in [0, 0.1) is 0 Å². The van der Waals surface area contributed by atoms with Crippen molar-refractivity contribution in [2.45, 2.75) is 26.7 Å². The Kier molecular flexibility index (Phi) is 13.7. The van der Waals surface area contributed by atoms with E-state index in [1.807, 2.05) is 6.92 Å². The highest BCUT2D eigenvalue weighted by Gasteiger charge is 1.99. The predicted octanol–water partition coefficient (Wildman–Crippen LogP) is 1.03. The highest BCUT2D eigenvalue weighted by Crippen LogP contribution is 1.96. The maximum Gasteiger partial charge on any atom is 0.306 e. The number of esters is 1. The largest absolute Gasteiger partial charge is 0.466 e. The fourth-order valence-corrected chi connectivity index (χ4v) is 0.675. The summed E-state index contributed by atoms with van der Waals surface area (Å²) in [4.78, 5) is 19.8. The maximum atomic E-state index is 10.6. The summed E-state index contributed by atoms with van der Waals surface area (Å²) in [5.74, 6) is -0.147. The first kappa shape index (κ1) is 15.7. The quantitative estimate of drug-likeness (QED) is 0.536. The standard InChI is InChI=1S/C6H12O3S.C2H5NO/c1-2-4-9-6(7)3-5-10-8;1-2(3)4/h8H,2-5H2,1H3;1H3,(H2,3,4). The molecule has 3 N–H and O–H groups in total. The molecule has 6 heteroatoms. The van der Waals surface area contributed by atoms with Crippen molar-refractivity contribution in [2.24, 2.45) is 5.73 Å². The topological polar surface area (TPSA) is 89.6 Å². The van der Waals surface area contributed by atoms with Gasteiger partial charge in [0.1, 0.15) is 0 Å². The van der Waals surface area contributed by atoms with Gasteiger partial charge in [-0.25, -0.2) is 0 Å². The van der Waals surface area contributed by atoms with Gasteiger partial charge in [0, 0.05) is 12.7 Å². The lowest BCUT2D eigenvalue weighted by molar-refractivity contribution is -0.143. The van der Waals surface area contributed by atoms with Gasteiger partial charge in [-0.3, -0.25) is 9.59 Å². The van der Waals surface area contributed by atoms with E-state index in [4.69, 9.17) is 9.29 Å². The highest BCUT2D eigenvalue weighted by molar-refractivity contribution is 7.93. The van der Waals surface area contributed by atoms with E-state index in [1.165, 1.54) is 6.92 Å². The lowest BCUT2D eigenvalue weighted by Crippen LogP contribution is -2.05. The third-order valence-electron chi connectivity index (χ3n) is 0.865. The second kappa shape index (κ2) is 12.2. The van der Waals surface area contributed by atoms with Gasteiger partial charge in [-0.2, -0.15) is 0 Å². The van der Waals surface area contributed by atoms with E-state index in [9.17, 15) is 9.59 Å². The zero-order valence-electron chi connectivity index (χ0n) is 8.49. The molecule has 0 aliphatic rings. The highest BCUT2D eigenvalue weighted by atomic mass is 32.2. The number of carbonyl (C=O) groups is 2. The van der Waals surface area contributed by atoms with Crippen LogP contribution in [0.4, 0.5) is 0 Å². The molecule has 84 valence electrons. The number of hydrogen-bond donors (Lipinski definition) is 2. The molecular formula is C8H17NO4S. The van der Waals surface area contributed by atoms with Gasteiger partial charge in [0.2, 0.25) is 5.91 Å². The fraction of sp³-hybridized carbons (Fsp3) is 0.750. The zero-order chi connectivity index (χ0) is 11.4. The lowest BCUT2D eigenvalue weighted by Gasteiger charge is -1.99. The molecule has 0 unspecified atom stereocenters. The number of carbonyl (C=O) groups excluding carboxylic acids is 2. The van der Waals surface area contributed by atoms with Crippen molar-refractivity contribution in [1.82, 2.24) is 0 Å². The minimum atomic E-state index is -0.333. The SMILES string of the molecule is CC(N)=O.CCCOC(=O)CCSO. The Bertz CT molecular complexity index is 149. The van der Waals surface area contributed by atoms with Gasteiger partial charge >= 0.3 is 5.97 Å². The molecule has 0 aromatic heterocycles. The van der Waals surface area contributed by atoms with Crippen LogP contribution in [0.1, 0.15) is 26.7 Å². The molecule has 0 saturated heterocycles. The average molecular weight is 223 g/mol. The molecule has 0 spiro atoms. The van der Waals surface area contributed by atoms with Crippen LogP contribution in [0.5, 0.6) is 0 Å². The van der Waals surface area contributed by atoms with Crippen molar-refractivity contribution in [2.75, 3.05) is 12.4 Å². The second-order valence-electron chi connectivity index (χ2n) is 2.41. The van der Waals surface area contributed by atoms with Crippen LogP contribution in [0.25, 0.3) is 0 Å². The normalized spacial score (nSPS) is 8.50. The minimum absolute atomic E-state index is 0.233. The molecule has 0 aliphatic carbocycles. The number of primary amides is 1. The van der Waals surface area contributed by atoms with Gasteiger partial charge in [0.05, 0.1) is 13.0 Å². The third-order valence-corrected chi connectivity index (χ3v) is 1.25. The van der Waals surface area contributed by atoms with Gasteiger partial charge in [-0.1, -0.05) is 6.92 Å². The van der Waals surface area contributed by atoms with Crippen LogP contribution < -0.4 is 5.73 Å². The molecule has 1 amide bonds. The molecule has 0 rings (SSSR count). The van der Waals surface area contributed by atoms with Crippen LogP contribution >= 0.6 is 12.0 Å². The summed E-state index contributed by atoms with van der Waals surface area (Å²) in [6.45, 7) is 3.73. The molecule has 14 heavy (non-hydrogen) atoms. The molecule has 0 aromatic carbocycles. The van der Waals surface area contributed by atoms with Crippen LogP contribution in [0.15, 0.2) is 0 Å². The van der Waals surface area contributed by atoms with Gasteiger partial charge in [0.15, 0.2) is 0 Å². The van der Waals surface area contributed by atoms with Crippen LogP contribution in [-0.2, 0) is 14.3 Å². The Hall–Kier alpha value is -0.750. The van der Waals surface area contributed by atoms with Crippen molar-refractivity contribution >= 4 is 23.9 Å². The first-order valence-electron chi connectivity index (χ1n) is 4.22. The van der Waals surface area contributed by atoms with Gasteiger partial charge < -0.3 is 15.0 Å². The molecule has 5 nitrogen and oxygen atoms in total. The van der Waals surface area contributed by atoms with E-state index in [0.717, 1.165) is 6.42 Å². The predicted molar refractivity (Wildman–Crippen MR) is 55.8 cm³/mol. The first-order valence-corrected chi connectivity index (χ1v) is 5.16. The molecule has 0 bridgehead atoms. The summed E-state index contributed by atoms with van der Waals surface area (Å²) >= 11 is 0.663. The summed E-state index contributed by atoms with van der Waals surface area (Å²) < 4.78 is 13.0. The van der Waals surface area contributed by atoms with Gasteiger partial charge in [-0.05, 0) is 18.5 Å². The van der Waals surface area contributed by atoms with Crippen molar-refractivity contribution in [1.29, 1.82) is 0 Å². The average Bonchev–Trinajstić information content (AvgIpc) is 2.10. The van der Waals surface area contributed by atoms with Crippen molar-refractivity contribution in [3.63, 3.8) is 0 Å². The summed E-state index contributed by atoms with van der Waals surface area (Å²) in [5.41, 5.74) is 4.47. The number of ether oxygens (including phenoxy) is 1. The molecule has 0 aliphatic heterocycles. The molecule has 0 heterocycles. The summed E-state index contributed by atoms with van der Waals surface area (Å²) in [7, 11) is 0. The summed E-state index contributed by atoms with van der Waals surface area (Å²) in [6.07, 6.45) is 1.14. The molecular weight excluding hydrogens is 206 g/mol. The van der Waals surface area contributed by atoms with Gasteiger partial charge in [0.25, 0.3) is 0 Å². The van der Waals surface area contributed by atoms with E-state index >= 15 is 0 Å².